The second-order valence-corrected chi connectivity index (χ2v) is 5.66. The maximum atomic E-state index is 11.9. The highest BCUT2D eigenvalue weighted by atomic mass is 32.1. The van der Waals surface area contributed by atoms with E-state index in [9.17, 15) is 9.59 Å². The fourth-order valence-electron chi connectivity index (χ4n) is 2.46. The number of carboxylic acid groups (broad SMARTS) is 1. The van der Waals surface area contributed by atoms with Crippen LogP contribution in [-0.4, -0.2) is 33.7 Å². The first-order valence-electron chi connectivity index (χ1n) is 6.23. The maximum Gasteiger partial charge on any atom is 0.305 e. The number of carboxylic acids is 1. The summed E-state index contributed by atoms with van der Waals surface area (Å²) in [7, 11) is 0. The van der Waals surface area contributed by atoms with Crippen LogP contribution >= 0.6 is 12.6 Å². The van der Waals surface area contributed by atoms with E-state index in [0.29, 0.717) is 13.0 Å². The number of amides is 1. The lowest BCUT2D eigenvalue weighted by molar-refractivity contribution is -0.139. The van der Waals surface area contributed by atoms with Gasteiger partial charge in [0, 0.05) is 18.2 Å². The van der Waals surface area contributed by atoms with Crippen LogP contribution in [0.3, 0.4) is 0 Å². The first-order valence-corrected chi connectivity index (χ1v) is 6.75. The molecule has 0 radical (unpaired) electrons. The number of hydrogen-bond donors (Lipinski definition) is 2. The Morgan fingerprint density at radius 2 is 2.32 bits per heavy atom. The molecule has 1 saturated heterocycles. The van der Waals surface area contributed by atoms with Crippen molar-refractivity contribution in [3.8, 4) is 0 Å². The van der Waals surface area contributed by atoms with Gasteiger partial charge in [-0.05, 0) is 12.5 Å². The smallest absolute Gasteiger partial charge is 0.305 e. The van der Waals surface area contributed by atoms with E-state index in [1.54, 1.807) is 4.90 Å². The molecule has 0 aromatic heterocycles. The molecule has 2 unspecified atom stereocenters. The summed E-state index contributed by atoms with van der Waals surface area (Å²) in [6.45, 7) is 2.46. The first kappa shape index (κ1) is 13.9. The SMILES string of the molecule is Cc1cccc(C(CC(=O)O)N2CC(S)CC2=O)c1. The number of carbonyl (C=O) groups is 2. The van der Waals surface area contributed by atoms with Crippen molar-refractivity contribution in [1.82, 2.24) is 4.90 Å². The second kappa shape index (κ2) is 5.65. The summed E-state index contributed by atoms with van der Waals surface area (Å²) in [5.41, 5.74) is 1.93. The Morgan fingerprint density at radius 3 is 2.84 bits per heavy atom. The van der Waals surface area contributed by atoms with Gasteiger partial charge >= 0.3 is 5.97 Å². The van der Waals surface area contributed by atoms with Gasteiger partial charge in [0.05, 0.1) is 12.5 Å². The van der Waals surface area contributed by atoms with Gasteiger partial charge in [-0.25, -0.2) is 0 Å². The van der Waals surface area contributed by atoms with Gasteiger partial charge < -0.3 is 10.0 Å². The Balaban J connectivity index is 2.30. The number of likely N-dealkylation sites (tertiary alicyclic amines) is 1. The molecule has 0 bridgehead atoms. The van der Waals surface area contributed by atoms with E-state index in [0.717, 1.165) is 11.1 Å². The zero-order valence-corrected chi connectivity index (χ0v) is 11.6. The van der Waals surface area contributed by atoms with Gasteiger partial charge in [-0.1, -0.05) is 29.8 Å². The molecule has 1 aliphatic rings. The van der Waals surface area contributed by atoms with Crippen LogP contribution in [0, 0.1) is 6.92 Å². The average Bonchev–Trinajstić information content (AvgIpc) is 2.65. The van der Waals surface area contributed by atoms with Crippen molar-refractivity contribution in [3.63, 3.8) is 0 Å². The lowest BCUT2D eigenvalue weighted by Crippen LogP contribution is -2.32. The standard InChI is InChI=1S/C14H17NO3S/c1-9-3-2-4-10(5-9)12(7-14(17)18)15-8-11(19)6-13(15)16/h2-5,11-12,19H,6-8H2,1H3,(H,17,18). The maximum absolute atomic E-state index is 11.9. The van der Waals surface area contributed by atoms with Crippen LogP contribution < -0.4 is 0 Å². The zero-order valence-electron chi connectivity index (χ0n) is 10.7. The fraction of sp³-hybridized carbons (Fsp3) is 0.429. The van der Waals surface area contributed by atoms with Crippen LogP contribution in [0.4, 0.5) is 0 Å². The van der Waals surface area contributed by atoms with Gasteiger partial charge in [-0.2, -0.15) is 12.6 Å². The number of hydrogen-bond acceptors (Lipinski definition) is 3. The van der Waals surface area contributed by atoms with E-state index in [1.807, 2.05) is 31.2 Å². The summed E-state index contributed by atoms with van der Waals surface area (Å²) in [4.78, 5) is 24.6. The van der Waals surface area contributed by atoms with Crippen molar-refractivity contribution in [2.24, 2.45) is 0 Å². The third-order valence-electron chi connectivity index (χ3n) is 3.31. The van der Waals surface area contributed by atoms with E-state index in [4.69, 9.17) is 5.11 Å². The molecule has 1 N–H and O–H groups in total. The minimum Gasteiger partial charge on any atom is -0.481 e. The van der Waals surface area contributed by atoms with Gasteiger partial charge in [0.15, 0.2) is 0 Å². The molecular weight excluding hydrogens is 262 g/mol. The van der Waals surface area contributed by atoms with Crippen molar-refractivity contribution in [2.75, 3.05) is 6.54 Å². The topological polar surface area (TPSA) is 57.6 Å². The summed E-state index contributed by atoms with van der Waals surface area (Å²) in [5, 5.41) is 9.06. The number of rotatable bonds is 4. The monoisotopic (exact) mass is 279 g/mol. The molecule has 4 nitrogen and oxygen atoms in total. The van der Waals surface area contributed by atoms with Gasteiger partial charge in [0.25, 0.3) is 0 Å². The Hall–Kier alpha value is -1.49. The summed E-state index contributed by atoms with van der Waals surface area (Å²) in [6.07, 6.45) is 0.306. The van der Waals surface area contributed by atoms with Crippen molar-refractivity contribution in [2.45, 2.75) is 31.1 Å². The second-order valence-electron chi connectivity index (χ2n) is 4.93. The molecule has 2 atom stereocenters. The molecule has 1 heterocycles. The van der Waals surface area contributed by atoms with Crippen LogP contribution in [0.2, 0.25) is 0 Å². The first-order chi connectivity index (χ1) is 8.97. The normalized spacial score (nSPS) is 20.6. The van der Waals surface area contributed by atoms with Gasteiger partial charge in [-0.15, -0.1) is 0 Å². The van der Waals surface area contributed by atoms with Crippen molar-refractivity contribution >= 4 is 24.5 Å². The number of thiol groups is 1. The third kappa shape index (κ3) is 3.29. The van der Waals surface area contributed by atoms with Gasteiger partial charge in [0.1, 0.15) is 0 Å². The molecule has 1 aromatic rings. The fourth-order valence-corrected chi connectivity index (χ4v) is 2.80. The molecular formula is C14H17NO3S. The zero-order chi connectivity index (χ0) is 14.0. The lowest BCUT2D eigenvalue weighted by Gasteiger charge is -2.27. The largest absolute Gasteiger partial charge is 0.481 e. The molecule has 1 amide bonds. The third-order valence-corrected chi connectivity index (χ3v) is 3.66. The van der Waals surface area contributed by atoms with Crippen LogP contribution in [0.25, 0.3) is 0 Å². The van der Waals surface area contributed by atoms with Crippen LogP contribution in [0.1, 0.15) is 30.0 Å². The predicted molar refractivity (Wildman–Crippen MR) is 75.3 cm³/mol. The number of aliphatic carboxylic acids is 1. The Kier molecular flexibility index (Phi) is 4.14. The van der Waals surface area contributed by atoms with Crippen molar-refractivity contribution < 1.29 is 14.7 Å². The average molecular weight is 279 g/mol. The molecule has 0 aliphatic carbocycles. The van der Waals surface area contributed by atoms with Crippen LogP contribution in [-0.2, 0) is 9.59 Å². The highest BCUT2D eigenvalue weighted by Crippen LogP contribution is 2.30. The summed E-state index contributed by atoms with van der Waals surface area (Å²) in [5.74, 6) is -0.922. The predicted octanol–water partition coefficient (Wildman–Crippen LogP) is 2.04. The molecule has 0 spiro atoms. The quantitative estimate of drug-likeness (QED) is 0.829. The van der Waals surface area contributed by atoms with E-state index in [2.05, 4.69) is 12.6 Å². The molecule has 5 heteroatoms. The molecule has 2 rings (SSSR count). The minimum absolute atomic E-state index is 0.00592. The summed E-state index contributed by atoms with van der Waals surface area (Å²) >= 11 is 4.32. The molecule has 1 fully saturated rings. The molecule has 1 aromatic carbocycles. The van der Waals surface area contributed by atoms with E-state index >= 15 is 0 Å². The Bertz CT molecular complexity index is 503. The molecule has 102 valence electrons. The summed E-state index contributed by atoms with van der Waals surface area (Å²) < 4.78 is 0. The highest BCUT2D eigenvalue weighted by Gasteiger charge is 2.34. The molecule has 0 saturated carbocycles. The van der Waals surface area contributed by atoms with Crippen molar-refractivity contribution in [3.05, 3.63) is 35.4 Å². The van der Waals surface area contributed by atoms with Gasteiger partial charge in [-0.3, -0.25) is 9.59 Å². The number of benzene rings is 1. The highest BCUT2D eigenvalue weighted by molar-refractivity contribution is 7.81. The Labute approximate surface area is 117 Å². The summed E-state index contributed by atoms with van der Waals surface area (Å²) in [6, 6.07) is 7.25. The minimum atomic E-state index is -0.901. The van der Waals surface area contributed by atoms with Gasteiger partial charge in [0.2, 0.25) is 5.91 Å². The molecule has 19 heavy (non-hydrogen) atoms. The van der Waals surface area contributed by atoms with E-state index in [-0.39, 0.29) is 17.6 Å². The lowest BCUT2D eigenvalue weighted by atomic mass is 10.0. The van der Waals surface area contributed by atoms with Crippen molar-refractivity contribution in [1.29, 1.82) is 0 Å². The van der Waals surface area contributed by atoms with Crippen LogP contribution in [0.5, 0.6) is 0 Å². The molecule has 1 aliphatic heterocycles. The van der Waals surface area contributed by atoms with Crippen LogP contribution in [0.15, 0.2) is 24.3 Å². The number of carbonyl (C=O) groups excluding carboxylic acids is 1. The number of nitrogens with zero attached hydrogens (tertiary/aromatic N) is 1. The number of aryl methyl sites for hydroxylation is 1. The van der Waals surface area contributed by atoms with E-state index in [1.165, 1.54) is 0 Å². The van der Waals surface area contributed by atoms with E-state index < -0.39 is 12.0 Å². The Morgan fingerprint density at radius 1 is 1.58 bits per heavy atom.